The van der Waals surface area contributed by atoms with Crippen LogP contribution in [0.1, 0.15) is 19.3 Å². The van der Waals surface area contributed by atoms with Gasteiger partial charge in [-0.15, -0.1) is 0 Å². The molecule has 3 fully saturated rings. The van der Waals surface area contributed by atoms with E-state index in [4.69, 9.17) is 0 Å². The Balaban J connectivity index is 0.000000346. The number of rotatable bonds is 1. The van der Waals surface area contributed by atoms with Gasteiger partial charge in [-0.3, -0.25) is 0 Å². The third kappa shape index (κ3) is 3.22. The highest BCUT2D eigenvalue weighted by atomic mass is 32.2. The first-order chi connectivity index (χ1) is 12.9. The maximum absolute atomic E-state index is 13.3. The Kier molecular flexibility index (Phi) is 4.54. The molecule has 0 atom stereocenters. The molecule has 0 nitrogen and oxygen atoms in total. The first-order valence-corrected chi connectivity index (χ1v) is 10.5. The lowest BCUT2D eigenvalue weighted by Crippen LogP contribution is -2.75. The second-order valence-electron chi connectivity index (χ2n) is 7.29. The molecule has 4 aliphatic rings. The molecule has 3 aliphatic carbocycles. The fourth-order valence-corrected chi connectivity index (χ4v) is 9.34. The summed E-state index contributed by atoms with van der Waals surface area (Å²) in [7, 11) is -6.23. The molecule has 2 aromatic rings. The summed E-state index contributed by atoms with van der Waals surface area (Å²) in [5.74, 6) is 0. The van der Waals surface area contributed by atoms with E-state index >= 15 is 0 Å². The highest BCUT2D eigenvalue weighted by Gasteiger charge is 2.86. The zero-order chi connectivity index (χ0) is 20.4. The summed E-state index contributed by atoms with van der Waals surface area (Å²) < 4.78 is 78.6. The van der Waals surface area contributed by atoms with E-state index in [1.165, 1.54) is 19.6 Å². The van der Waals surface area contributed by atoms with Crippen LogP contribution in [-0.2, 0) is 10.9 Å². The molecule has 1 aliphatic heterocycles. The lowest BCUT2D eigenvalue weighted by Gasteiger charge is -2.67. The lowest BCUT2D eigenvalue weighted by atomic mass is 9.43. The van der Waals surface area contributed by atoms with Crippen molar-refractivity contribution in [1.82, 2.24) is 0 Å². The van der Waals surface area contributed by atoms with Crippen LogP contribution in [-0.4, -0.2) is 18.2 Å². The number of hydrogen-bond acceptors (Lipinski definition) is 1. The second-order valence-corrected chi connectivity index (χ2v) is 10.7. The number of benzene rings is 2. The molecule has 150 valence electrons. The Morgan fingerprint density at radius 2 is 1.18 bits per heavy atom. The minimum Gasteiger partial charge on any atom is -0.418 e. The molecule has 6 rings (SSSR count). The Bertz CT molecular complexity index is 838. The van der Waals surface area contributed by atoms with Gasteiger partial charge < -0.3 is 17.3 Å². The summed E-state index contributed by atoms with van der Waals surface area (Å²) in [6, 6.07) is 16.5. The molecule has 0 aromatic heterocycles. The second kappa shape index (κ2) is 6.36. The van der Waals surface area contributed by atoms with Gasteiger partial charge in [0, 0.05) is 19.3 Å². The van der Waals surface area contributed by atoms with Gasteiger partial charge in [0.05, 0.1) is 26.1 Å². The molecule has 3 saturated carbocycles. The highest BCUT2D eigenvalue weighted by molar-refractivity contribution is 8.04. The molecule has 0 N–H and O–H groups in total. The summed E-state index contributed by atoms with van der Waals surface area (Å²) in [5, 5.41) is 0. The zero-order valence-corrected chi connectivity index (χ0v) is 15.9. The Morgan fingerprint density at radius 3 is 1.57 bits per heavy atom. The summed E-state index contributed by atoms with van der Waals surface area (Å²) in [6.45, 7) is 0. The molecular weight excluding hydrogens is 424 g/mol. The van der Waals surface area contributed by atoms with Crippen LogP contribution < -0.4 is 0 Å². The fraction of sp³-hybridized carbons (Fsp3) is 0.333. The standard InChI is InChI=1S/C18H14F3S2.BF4/c19-18(20,21)16-9-17(10-16,11-16)23-14-7-3-1-5-12(14)22-13-6-2-4-8-15(13)23;2-1(3,4)5/h1-8H,9-11H2;/q+1;-1. The van der Waals surface area contributed by atoms with Crippen molar-refractivity contribution in [2.45, 2.75) is 49.8 Å². The van der Waals surface area contributed by atoms with E-state index in [1.807, 2.05) is 24.3 Å². The minimum atomic E-state index is -6.00. The Morgan fingerprint density at radius 1 is 0.786 bits per heavy atom. The molecule has 0 radical (unpaired) electrons. The fourth-order valence-electron chi connectivity index (χ4n) is 4.32. The van der Waals surface area contributed by atoms with Crippen LogP contribution in [0.5, 0.6) is 0 Å². The van der Waals surface area contributed by atoms with Crippen molar-refractivity contribution in [1.29, 1.82) is 0 Å². The van der Waals surface area contributed by atoms with Crippen LogP contribution >= 0.6 is 11.8 Å². The van der Waals surface area contributed by atoms with Crippen molar-refractivity contribution in [2.75, 3.05) is 0 Å². The first kappa shape index (κ1) is 20.0. The number of alkyl halides is 3. The van der Waals surface area contributed by atoms with Crippen LogP contribution in [0.2, 0.25) is 0 Å². The van der Waals surface area contributed by atoms with Crippen molar-refractivity contribution in [3.8, 4) is 0 Å². The molecule has 2 bridgehead atoms. The SMILES string of the molecule is FC(F)(F)C12CC([S+]3c4ccccc4Sc4ccccc43)(C1)C2.F[B-](F)(F)F. The molecule has 1 heterocycles. The number of fused-ring (bicyclic) bond motifs is 2. The molecule has 10 heteroatoms. The first-order valence-electron chi connectivity index (χ1n) is 8.49. The van der Waals surface area contributed by atoms with E-state index in [9.17, 15) is 30.4 Å². The van der Waals surface area contributed by atoms with Gasteiger partial charge in [-0.2, -0.15) is 13.2 Å². The predicted octanol–water partition coefficient (Wildman–Crippen LogP) is 6.97. The van der Waals surface area contributed by atoms with E-state index in [0.29, 0.717) is 19.3 Å². The normalized spacial score (nSPS) is 28.1. The van der Waals surface area contributed by atoms with Gasteiger partial charge >= 0.3 is 13.4 Å². The topological polar surface area (TPSA) is 0 Å². The van der Waals surface area contributed by atoms with Gasteiger partial charge in [-0.1, -0.05) is 36.0 Å². The molecular formula is C18H14BF7S2. The van der Waals surface area contributed by atoms with Crippen molar-refractivity contribution in [2.24, 2.45) is 5.41 Å². The summed E-state index contributed by atoms with van der Waals surface area (Å²) in [4.78, 5) is 4.90. The quantitative estimate of drug-likeness (QED) is 0.263. The van der Waals surface area contributed by atoms with E-state index in [-0.39, 0.29) is 15.6 Å². The Hall–Kier alpha value is -1.29. The third-order valence-electron chi connectivity index (χ3n) is 5.37. The maximum atomic E-state index is 13.3. The summed E-state index contributed by atoms with van der Waals surface area (Å²) >= 11 is 1.74. The van der Waals surface area contributed by atoms with Gasteiger partial charge in [-0.05, 0) is 24.3 Å². The van der Waals surface area contributed by atoms with Gasteiger partial charge in [0.1, 0.15) is 4.75 Å². The third-order valence-corrected chi connectivity index (χ3v) is 9.68. The molecule has 0 amide bonds. The van der Waals surface area contributed by atoms with Crippen molar-refractivity contribution < 1.29 is 30.4 Å². The largest absolute Gasteiger partial charge is 0.673 e. The van der Waals surface area contributed by atoms with Crippen LogP contribution in [0.25, 0.3) is 0 Å². The van der Waals surface area contributed by atoms with Crippen molar-refractivity contribution >= 4 is 29.9 Å². The van der Waals surface area contributed by atoms with Crippen LogP contribution in [0.4, 0.5) is 30.4 Å². The lowest BCUT2D eigenvalue weighted by molar-refractivity contribution is -0.313. The van der Waals surface area contributed by atoms with Gasteiger partial charge in [0.25, 0.3) is 0 Å². The molecule has 28 heavy (non-hydrogen) atoms. The number of halogens is 7. The summed E-state index contributed by atoms with van der Waals surface area (Å²) in [6.07, 6.45) is -3.12. The van der Waals surface area contributed by atoms with Crippen LogP contribution in [0.15, 0.2) is 68.1 Å². The van der Waals surface area contributed by atoms with E-state index in [0.717, 1.165) is 0 Å². The summed E-state index contributed by atoms with van der Waals surface area (Å²) in [5.41, 5.74) is -1.38. The maximum Gasteiger partial charge on any atom is 0.673 e. The highest BCUT2D eigenvalue weighted by Crippen LogP contribution is 2.78. The molecule has 0 saturated heterocycles. The monoisotopic (exact) mass is 438 g/mol. The van der Waals surface area contributed by atoms with Gasteiger partial charge in [0.15, 0.2) is 9.79 Å². The minimum absolute atomic E-state index is 0.164. The van der Waals surface area contributed by atoms with Crippen molar-refractivity contribution in [3.05, 3.63) is 48.5 Å². The smallest absolute Gasteiger partial charge is 0.418 e. The van der Waals surface area contributed by atoms with Crippen LogP contribution in [0.3, 0.4) is 0 Å². The average molecular weight is 438 g/mol. The molecule has 0 unspecified atom stereocenters. The van der Waals surface area contributed by atoms with Gasteiger partial charge in [-0.25, -0.2) is 0 Å². The van der Waals surface area contributed by atoms with Crippen molar-refractivity contribution in [3.63, 3.8) is 0 Å². The molecule has 0 spiro atoms. The van der Waals surface area contributed by atoms with E-state index < -0.39 is 18.8 Å². The van der Waals surface area contributed by atoms with E-state index in [2.05, 4.69) is 24.3 Å². The Labute approximate surface area is 164 Å². The zero-order valence-electron chi connectivity index (χ0n) is 14.3. The molecule has 2 aromatic carbocycles. The number of hydrogen-bond donors (Lipinski definition) is 0. The van der Waals surface area contributed by atoms with Gasteiger partial charge in [0.2, 0.25) is 0 Å². The average Bonchev–Trinajstić information content (AvgIpc) is 2.48. The van der Waals surface area contributed by atoms with E-state index in [1.54, 1.807) is 11.8 Å². The predicted molar refractivity (Wildman–Crippen MR) is 96.2 cm³/mol. The van der Waals surface area contributed by atoms with Crippen LogP contribution in [0, 0.1) is 5.41 Å².